The SMILES string of the molecule is CC(C)Oc1cccc(C(=O)Nc2ncccc2Br)c1. The summed E-state index contributed by atoms with van der Waals surface area (Å²) in [7, 11) is 0. The molecule has 0 aliphatic heterocycles. The van der Waals surface area contributed by atoms with Crippen LogP contribution in [0.4, 0.5) is 5.82 Å². The summed E-state index contributed by atoms with van der Waals surface area (Å²) in [5.74, 6) is 0.944. The molecule has 4 nitrogen and oxygen atoms in total. The minimum absolute atomic E-state index is 0.0678. The van der Waals surface area contributed by atoms with Gasteiger partial charge in [-0.3, -0.25) is 4.79 Å². The minimum atomic E-state index is -0.224. The number of hydrogen-bond donors (Lipinski definition) is 1. The van der Waals surface area contributed by atoms with Crippen LogP contribution in [0.1, 0.15) is 24.2 Å². The number of nitrogens with one attached hydrogen (secondary N) is 1. The van der Waals surface area contributed by atoms with E-state index in [1.165, 1.54) is 0 Å². The lowest BCUT2D eigenvalue weighted by atomic mass is 10.2. The highest BCUT2D eigenvalue weighted by molar-refractivity contribution is 9.10. The molecule has 0 saturated heterocycles. The Morgan fingerprint density at radius 2 is 2.10 bits per heavy atom. The van der Waals surface area contributed by atoms with Crippen LogP contribution in [0.5, 0.6) is 5.75 Å². The number of aromatic nitrogens is 1. The Labute approximate surface area is 126 Å². The molecular weight excluding hydrogens is 320 g/mol. The lowest BCUT2D eigenvalue weighted by molar-refractivity contribution is 0.102. The van der Waals surface area contributed by atoms with Crippen LogP contribution >= 0.6 is 15.9 Å². The van der Waals surface area contributed by atoms with E-state index in [1.54, 1.807) is 30.5 Å². The van der Waals surface area contributed by atoms with Crippen molar-refractivity contribution in [2.24, 2.45) is 0 Å². The van der Waals surface area contributed by atoms with E-state index in [4.69, 9.17) is 4.74 Å². The smallest absolute Gasteiger partial charge is 0.256 e. The van der Waals surface area contributed by atoms with E-state index in [-0.39, 0.29) is 12.0 Å². The molecule has 0 atom stereocenters. The Bertz CT molecular complexity index is 614. The predicted octanol–water partition coefficient (Wildman–Crippen LogP) is 3.88. The number of nitrogens with zero attached hydrogens (tertiary/aromatic N) is 1. The summed E-state index contributed by atoms with van der Waals surface area (Å²) in [4.78, 5) is 16.3. The Morgan fingerprint density at radius 1 is 1.30 bits per heavy atom. The van der Waals surface area contributed by atoms with E-state index in [1.807, 2.05) is 26.0 Å². The highest BCUT2D eigenvalue weighted by Crippen LogP contribution is 2.20. The first-order chi connectivity index (χ1) is 9.56. The van der Waals surface area contributed by atoms with Gasteiger partial charge in [0.15, 0.2) is 0 Å². The van der Waals surface area contributed by atoms with Gasteiger partial charge in [0.1, 0.15) is 11.6 Å². The van der Waals surface area contributed by atoms with Crippen molar-refractivity contribution in [2.75, 3.05) is 5.32 Å². The Morgan fingerprint density at radius 3 is 2.80 bits per heavy atom. The minimum Gasteiger partial charge on any atom is -0.491 e. The molecule has 1 heterocycles. The number of rotatable bonds is 4. The molecule has 0 unspecified atom stereocenters. The maximum atomic E-state index is 12.2. The quantitative estimate of drug-likeness (QED) is 0.922. The zero-order chi connectivity index (χ0) is 14.5. The van der Waals surface area contributed by atoms with Gasteiger partial charge in [-0.2, -0.15) is 0 Å². The van der Waals surface area contributed by atoms with Gasteiger partial charge in [0, 0.05) is 11.8 Å². The highest BCUT2D eigenvalue weighted by atomic mass is 79.9. The molecule has 0 aliphatic carbocycles. The number of benzene rings is 1. The zero-order valence-corrected chi connectivity index (χ0v) is 12.8. The predicted molar refractivity (Wildman–Crippen MR) is 82.1 cm³/mol. The monoisotopic (exact) mass is 334 g/mol. The summed E-state index contributed by atoms with van der Waals surface area (Å²) >= 11 is 3.34. The number of anilines is 1. The number of carbonyl (C=O) groups is 1. The number of pyridine rings is 1. The fourth-order valence-corrected chi connectivity index (χ4v) is 1.99. The third kappa shape index (κ3) is 3.81. The molecule has 1 aromatic heterocycles. The molecule has 20 heavy (non-hydrogen) atoms. The van der Waals surface area contributed by atoms with Gasteiger partial charge in [0.25, 0.3) is 5.91 Å². The molecule has 0 aliphatic rings. The number of halogens is 1. The molecule has 0 spiro atoms. The first-order valence-corrected chi connectivity index (χ1v) is 7.04. The van der Waals surface area contributed by atoms with E-state index in [0.29, 0.717) is 17.1 Å². The van der Waals surface area contributed by atoms with Crippen LogP contribution in [-0.4, -0.2) is 17.0 Å². The van der Waals surface area contributed by atoms with Crippen molar-refractivity contribution in [3.05, 3.63) is 52.6 Å². The summed E-state index contributed by atoms with van der Waals surface area (Å²) in [5.41, 5.74) is 0.528. The van der Waals surface area contributed by atoms with E-state index in [2.05, 4.69) is 26.2 Å². The molecule has 2 rings (SSSR count). The van der Waals surface area contributed by atoms with E-state index in [9.17, 15) is 4.79 Å². The molecule has 104 valence electrons. The van der Waals surface area contributed by atoms with Gasteiger partial charge < -0.3 is 10.1 Å². The molecule has 0 fully saturated rings. The van der Waals surface area contributed by atoms with Crippen molar-refractivity contribution in [3.8, 4) is 5.75 Å². The van der Waals surface area contributed by atoms with E-state index < -0.39 is 0 Å². The topological polar surface area (TPSA) is 51.2 Å². The fourth-order valence-electron chi connectivity index (χ4n) is 1.64. The Kier molecular flexibility index (Phi) is 4.74. The second-order valence-electron chi connectivity index (χ2n) is 4.48. The van der Waals surface area contributed by atoms with Crippen LogP contribution < -0.4 is 10.1 Å². The summed E-state index contributed by atoms with van der Waals surface area (Å²) in [6.45, 7) is 3.88. The Hall–Kier alpha value is -1.88. The molecule has 0 radical (unpaired) electrons. The van der Waals surface area contributed by atoms with Crippen molar-refractivity contribution in [1.82, 2.24) is 4.98 Å². The van der Waals surface area contributed by atoms with Gasteiger partial charge >= 0.3 is 0 Å². The van der Waals surface area contributed by atoms with Crippen molar-refractivity contribution in [1.29, 1.82) is 0 Å². The van der Waals surface area contributed by atoms with Crippen molar-refractivity contribution >= 4 is 27.7 Å². The largest absolute Gasteiger partial charge is 0.491 e. The summed E-state index contributed by atoms with van der Waals surface area (Å²) in [5, 5.41) is 2.75. The molecule has 2 aromatic rings. The normalized spacial score (nSPS) is 10.4. The number of carbonyl (C=O) groups excluding carboxylic acids is 1. The number of hydrogen-bond acceptors (Lipinski definition) is 3. The molecule has 1 N–H and O–H groups in total. The number of amides is 1. The molecule has 1 aromatic carbocycles. The molecular formula is C15H15BrN2O2. The van der Waals surface area contributed by atoms with Crippen LogP contribution in [0.25, 0.3) is 0 Å². The zero-order valence-electron chi connectivity index (χ0n) is 11.3. The summed E-state index contributed by atoms with van der Waals surface area (Å²) in [6.07, 6.45) is 1.69. The van der Waals surface area contributed by atoms with Gasteiger partial charge in [0.05, 0.1) is 10.6 Å². The summed E-state index contributed by atoms with van der Waals surface area (Å²) < 4.78 is 6.31. The first-order valence-electron chi connectivity index (χ1n) is 6.25. The van der Waals surface area contributed by atoms with Gasteiger partial charge in [0.2, 0.25) is 0 Å². The molecule has 1 amide bonds. The lowest BCUT2D eigenvalue weighted by Gasteiger charge is -2.11. The van der Waals surface area contributed by atoms with Crippen LogP contribution in [0.2, 0.25) is 0 Å². The van der Waals surface area contributed by atoms with Crippen molar-refractivity contribution in [2.45, 2.75) is 20.0 Å². The van der Waals surface area contributed by atoms with Gasteiger partial charge in [-0.25, -0.2) is 4.98 Å². The highest BCUT2D eigenvalue weighted by Gasteiger charge is 2.10. The van der Waals surface area contributed by atoms with Gasteiger partial charge in [-0.1, -0.05) is 6.07 Å². The second-order valence-corrected chi connectivity index (χ2v) is 5.34. The molecule has 0 saturated carbocycles. The van der Waals surface area contributed by atoms with E-state index in [0.717, 1.165) is 4.47 Å². The van der Waals surface area contributed by atoms with Gasteiger partial charge in [-0.15, -0.1) is 0 Å². The standard InChI is InChI=1S/C15H15BrN2O2/c1-10(2)20-12-6-3-5-11(9-12)15(19)18-14-13(16)7-4-8-17-14/h3-10H,1-2H3,(H,17,18,19). The average molecular weight is 335 g/mol. The summed E-state index contributed by atoms with van der Waals surface area (Å²) in [6, 6.07) is 10.7. The maximum absolute atomic E-state index is 12.2. The first kappa shape index (κ1) is 14.5. The van der Waals surface area contributed by atoms with Crippen molar-refractivity contribution in [3.63, 3.8) is 0 Å². The van der Waals surface area contributed by atoms with Crippen LogP contribution in [0.3, 0.4) is 0 Å². The third-order valence-electron chi connectivity index (χ3n) is 2.46. The van der Waals surface area contributed by atoms with E-state index >= 15 is 0 Å². The molecule has 0 bridgehead atoms. The fraction of sp³-hybridized carbons (Fsp3) is 0.200. The molecule has 5 heteroatoms. The average Bonchev–Trinajstić information content (AvgIpc) is 2.41. The third-order valence-corrected chi connectivity index (χ3v) is 3.10. The van der Waals surface area contributed by atoms with Crippen LogP contribution in [0.15, 0.2) is 47.1 Å². The van der Waals surface area contributed by atoms with Crippen LogP contribution in [0, 0.1) is 0 Å². The number of ether oxygens (including phenoxy) is 1. The lowest BCUT2D eigenvalue weighted by Crippen LogP contribution is -2.14. The Balaban J connectivity index is 2.15. The van der Waals surface area contributed by atoms with Crippen molar-refractivity contribution < 1.29 is 9.53 Å². The van der Waals surface area contributed by atoms with Crippen LogP contribution in [-0.2, 0) is 0 Å². The second kappa shape index (κ2) is 6.52. The van der Waals surface area contributed by atoms with Gasteiger partial charge in [-0.05, 0) is 60.1 Å². The maximum Gasteiger partial charge on any atom is 0.256 e.